The smallest absolute Gasteiger partial charge is 0.284 e. The highest BCUT2D eigenvalue weighted by atomic mass is 31.2. The first-order valence-electron chi connectivity index (χ1n) is 5.79. The van der Waals surface area contributed by atoms with Gasteiger partial charge in [-0.15, -0.1) is 0 Å². The Morgan fingerprint density at radius 2 is 0.783 bits per heavy atom. The predicted molar refractivity (Wildman–Crippen MR) is 58.2 cm³/mol. The minimum absolute atomic E-state index is 1.65. The summed E-state index contributed by atoms with van der Waals surface area (Å²) in [6.45, 7) is -4.94. The van der Waals surface area contributed by atoms with Gasteiger partial charge in [-0.1, -0.05) is 0 Å². The van der Waals surface area contributed by atoms with Crippen LogP contribution in [0.4, 0.5) is 39.5 Å². The highest BCUT2D eigenvalue weighted by molar-refractivity contribution is 7.48. The van der Waals surface area contributed by atoms with Crippen LogP contribution in [0.25, 0.3) is 0 Å². The molecule has 0 aliphatic carbocycles. The van der Waals surface area contributed by atoms with Crippen LogP contribution in [-0.4, -0.2) is 57.6 Å². The van der Waals surface area contributed by atoms with Gasteiger partial charge in [-0.25, -0.2) is 44.1 Å². The Morgan fingerprint density at radius 1 is 0.565 bits per heavy atom. The van der Waals surface area contributed by atoms with Gasteiger partial charge < -0.3 is 0 Å². The third-order valence-electron chi connectivity index (χ3n) is 2.00. The number of hydrogen-bond donors (Lipinski definition) is 0. The standard InChI is InChI=1S/C9H12F9O4P/c10-4(7(13)14)1-20-23(19,21-2-5(11)8(15)16)22-3-6(12)9(17)18/h4-9H,1-3H2. The van der Waals surface area contributed by atoms with Crippen molar-refractivity contribution in [2.45, 2.75) is 37.8 Å². The van der Waals surface area contributed by atoms with Crippen LogP contribution in [0, 0.1) is 0 Å². The summed E-state index contributed by atoms with van der Waals surface area (Å²) in [5, 5.41) is 0. The van der Waals surface area contributed by atoms with E-state index in [1.807, 2.05) is 0 Å². The number of rotatable bonds is 12. The van der Waals surface area contributed by atoms with E-state index >= 15 is 0 Å². The highest BCUT2D eigenvalue weighted by Crippen LogP contribution is 2.50. The molecule has 0 aliphatic heterocycles. The maximum absolute atomic E-state index is 12.6. The molecule has 0 aliphatic rings. The molecule has 0 aromatic carbocycles. The highest BCUT2D eigenvalue weighted by Gasteiger charge is 2.35. The summed E-state index contributed by atoms with van der Waals surface area (Å²) in [5.74, 6) is 0. The molecule has 0 aromatic rings. The van der Waals surface area contributed by atoms with Gasteiger partial charge in [0.05, 0.1) is 19.8 Å². The topological polar surface area (TPSA) is 44.8 Å². The lowest BCUT2D eigenvalue weighted by molar-refractivity contribution is -0.0201. The summed E-state index contributed by atoms with van der Waals surface area (Å²) < 4.78 is 133. The Balaban J connectivity index is 4.72. The minimum Gasteiger partial charge on any atom is -0.284 e. The molecule has 0 fully saturated rings. The molecule has 0 spiro atoms. The van der Waals surface area contributed by atoms with Gasteiger partial charge in [-0.05, 0) is 0 Å². The van der Waals surface area contributed by atoms with Crippen molar-refractivity contribution in [2.75, 3.05) is 19.8 Å². The van der Waals surface area contributed by atoms with E-state index in [9.17, 15) is 44.1 Å². The van der Waals surface area contributed by atoms with Crippen molar-refractivity contribution in [3.05, 3.63) is 0 Å². The van der Waals surface area contributed by atoms with Crippen molar-refractivity contribution >= 4 is 7.82 Å². The Hall–Kier alpha value is -0.520. The van der Waals surface area contributed by atoms with Crippen LogP contribution >= 0.6 is 7.82 Å². The van der Waals surface area contributed by atoms with E-state index in [4.69, 9.17) is 0 Å². The maximum Gasteiger partial charge on any atom is 0.475 e. The normalized spacial score (nSPS) is 19.1. The van der Waals surface area contributed by atoms with E-state index in [2.05, 4.69) is 13.6 Å². The second-order valence-corrected chi connectivity index (χ2v) is 5.55. The zero-order valence-corrected chi connectivity index (χ0v) is 12.0. The van der Waals surface area contributed by atoms with Gasteiger partial charge in [0.2, 0.25) is 0 Å². The molecule has 4 nitrogen and oxygen atoms in total. The average Bonchev–Trinajstić information content (AvgIpc) is 2.47. The van der Waals surface area contributed by atoms with Gasteiger partial charge in [0.15, 0.2) is 18.5 Å². The fraction of sp³-hybridized carbons (Fsp3) is 1.00. The van der Waals surface area contributed by atoms with Crippen molar-refractivity contribution in [1.29, 1.82) is 0 Å². The first kappa shape index (κ1) is 22.5. The van der Waals surface area contributed by atoms with E-state index < -0.39 is 65.4 Å². The molecule has 140 valence electrons. The van der Waals surface area contributed by atoms with Crippen LogP contribution in [0.3, 0.4) is 0 Å². The van der Waals surface area contributed by atoms with E-state index in [-0.39, 0.29) is 0 Å². The maximum atomic E-state index is 12.6. The zero-order valence-electron chi connectivity index (χ0n) is 11.1. The third kappa shape index (κ3) is 9.38. The van der Waals surface area contributed by atoms with Crippen LogP contribution in [0.5, 0.6) is 0 Å². The van der Waals surface area contributed by atoms with Gasteiger partial charge in [0.25, 0.3) is 19.3 Å². The van der Waals surface area contributed by atoms with Crippen molar-refractivity contribution in [1.82, 2.24) is 0 Å². The lowest BCUT2D eigenvalue weighted by atomic mass is 10.4. The van der Waals surface area contributed by atoms with Crippen molar-refractivity contribution in [3.8, 4) is 0 Å². The van der Waals surface area contributed by atoms with Crippen LogP contribution in [-0.2, 0) is 18.1 Å². The van der Waals surface area contributed by atoms with E-state index in [0.29, 0.717) is 0 Å². The second kappa shape index (κ2) is 10.4. The quantitative estimate of drug-likeness (QED) is 0.376. The van der Waals surface area contributed by atoms with Gasteiger partial charge in [-0.2, -0.15) is 0 Å². The van der Waals surface area contributed by atoms with Gasteiger partial charge in [0, 0.05) is 0 Å². The number of alkyl halides is 9. The Labute approximate surface area is 124 Å². The van der Waals surface area contributed by atoms with E-state index in [0.717, 1.165) is 0 Å². The van der Waals surface area contributed by atoms with Crippen LogP contribution in [0.1, 0.15) is 0 Å². The first-order chi connectivity index (χ1) is 10.5. The van der Waals surface area contributed by atoms with Gasteiger partial charge in [-0.3, -0.25) is 13.6 Å². The minimum atomic E-state index is -5.22. The fourth-order valence-electron chi connectivity index (χ4n) is 0.817. The Morgan fingerprint density at radius 3 is 0.957 bits per heavy atom. The van der Waals surface area contributed by atoms with E-state index in [1.54, 1.807) is 0 Å². The average molecular weight is 386 g/mol. The summed E-state index contributed by atoms with van der Waals surface area (Å²) in [6.07, 6.45) is -19.8. The predicted octanol–water partition coefficient (Wildman–Crippen LogP) is 3.95. The number of phosphoric acid groups is 1. The van der Waals surface area contributed by atoms with Gasteiger partial charge >= 0.3 is 7.82 Å². The van der Waals surface area contributed by atoms with Crippen molar-refractivity contribution < 1.29 is 57.7 Å². The molecule has 0 rings (SSSR count). The van der Waals surface area contributed by atoms with Crippen LogP contribution in [0.2, 0.25) is 0 Å². The molecule has 0 saturated heterocycles. The summed E-state index contributed by atoms with van der Waals surface area (Å²) in [4.78, 5) is 0. The lowest BCUT2D eigenvalue weighted by Gasteiger charge is -2.20. The molecular weight excluding hydrogens is 374 g/mol. The molecule has 3 unspecified atom stereocenters. The zero-order chi connectivity index (χ0) is 18.2. The summed E-state index contributed by atoms with van der Waals surface area (Å²) >= 11 is 0. The molecule has 0 radical (unpaired) electrons. The van der Waals surface area contributed by atoms with Crippen molar-refractivity contribution in [3.63, 3.8) is 0 Å². The molecular formula is C9H12F9O4P. The molecule has 0 amide bonds. The summed E-state index contributed by atoms with van der Waals surface area (Å²) in [6, 6.07) is 0. The van der Waals surface area contributed by atoms with Gasteiger partial charge in [0.1, 0.15) is 0 Å². The van der Waals surface area contributed by atoms with Crippen LogP contribution in [0.15, 0.2) is 0 Å². The molecule has 23 heavy (non-hydrogen) atoms. The molecule has 0 aromatic heterocycles. The molecule has 0 N–H and O–H groups in total. The van der Waals surface area contributed by atoms with Crippen LogP contribution < -0.4 is 0 Å². The lowest BCUT2D eigenvalue weighted by Crippen LogP contribution is -2.24. The second-order valence-electron chi connectivity index (χ2n) is 3.89. The summed E-state index contributed by atoms with van der Waals surface area (Å²) in [7, 11) is -5.22. The molecule has 0 heterocycles. The first-order valence-corrected chi connectivity index (χ1v) is 7.25. The van der Waals surface area contributed by atoms with Crippen molar-refractivity contribution in [2.24, 2.45) is 0 Å². The molecule has 14 heteroatoms. The molecule has 3 atom stereocenters. The fourth-order valence-corrected chi connectivity index (χ4v) is 2.02. The summed E-state index contributed by atoms with van der Waals surface area (Å²) in [5.41, 5.74) is 0. The number of hydrogen-bond acceptors (Lipinski definition) is 4. The molecule has 0 saturated carbocycles. The number of halogens is 9. The monoisotopic (exact) mass is 386 g/mol. The number of phosphoric ester groups is 1. The largest absolute Gasteiger partial charge is 0.475 e. The van der Waals surface area contributed by atoms with E-state index in [1.165, 1.54) is 0 Å². The SMILES string of the molecule is O=P(OCC(F)C(F)F)(OCC(F)C(F)F)OCC(F)C(F)F. The third-order valence-corrected chi connectivity index (χ3v) is 3.39. The molecule has 0 bridgehead atoms. The Kier molecular flexibility index (Phi) is 10.1. The Bertz CT molecular complexity index is 321.